The molecular formula is C19H38IN3O3. The van der Waals surface area contributed by atoms with Crippen LogP contribution in [0.15, 0.2) is 4.99 Å². The Labute approximate surface area is 176 Å². The van der Waals surface area contributed by atoms with Gasteiger partial charge in [0.15, 0.2) is 5.96 Å². The second-order valence-electron chi connectivity index (χ2n) is 6.56. The van der Waals surface area contributed by atoms with Crippen LogP contribution < -0.4 is 10.6 Å². The molecule has 6 nitrogen and oxygen atoms in total. The smallest absolute Gasteiger partial charge is 0.305 e. The molecule has 0 aromatic carbocycles. The molecule has 0 bridgehead atoms. The highest BCUT2D eigenvalue weighted by molar-refractivity contribution is 14.0. The highest BCUT2D eigenvalue weighted by Gasteiger charge is 2.12. The number of methoxy groups -OCH3 is 1. The van der Waals surface area contributed by atoms with E-state index in [2.05, 4.69) is 27.3 Å². The minimum Gasteiger partial charge on any atom is -0.469 e. The maximum absolute atomic E-state index is 11.0. The van der Waals surface area contributed by atoms with Crippen molar-refractivity contribution in [2.45, 2.75) is 77.2 Å². The number of hydrogen-bond donors (Lipinski definition) is 2. The van der Waals surface area contributed by atoms with E-state index >= 15 is 0 Å². The number of halogens is 1. The Morgan fingerprint density at radius 2 is 1.85 bits per heavy atom. The van der Waals surface area contributed by atoms with E-state index in [-0.39, 0.29) is 29.9 Å². The number of guanidine groups is 1. The molecule has 0 saturated heterocycles. The van der Waals surface area contributed by atoms with Crippen molar-refractivity contribution in [3.63, 3.8) is 0 Å². The van der Waals surface area contributed by atoms with Crippen LogP contribution >= 0.6 is 24.0 Å². The SMILES string of the molecule is CCNC(=NCCCOC1CCCCC1)NCCCCCC(=O)OC.I. The fourth-order valence-electron chi connectivity index (χ4n) is 2.96. The molecule has 1 aliphatic rings. The van der Waals surface area contributed by atoms with Crippen LogP contribution in [0.1, 0.15) is 71.1 Å². The van der Waals surface area contributed by atoms with Gasteiger partial charge in [0.1, 0.15) is 0 Å². The summed E-state index contributed by atoms with van der Waals surface area (Å²) in [5.41, 5.74) is 0. The van der Waals surface area contributed by atoms with E-state index < -0.39 is 0 Å². The van der Waals surface area contributed by atoms with Crippen LogP contribution in [0.25, 0.3) is 0 Å². The van der Waals surface area contributed by atoms with Gasteiger partial charge in [-0.15, -0.1) is 24.0 Å². The molecule has 0 amide bonds. The minimum atomic E-state index is -0.127. The van der Waals surface area contributed by atoms with Gasteiger partial charge in [-0.25, -0.2) is 0 Å². The number of nitrogens with one attached hydrogen (secondary N) is 2. The molecule has 1 aliphatic carbocycles. The molecule has 0 aliphatic heterocycles. The average Bonchev–Trinajstić information content (AvgIpc) is 2.64. The predicted octanol–water partition coefficient (Wildman–Crippen LogP) is 3.63. The molecule has 7 heteroatoms. The fourth-order valence-corrected chi connectivity index (χ4v) is 2.96. The Bertz CT molecular complexity index is 375. The van der Waals surface area contributed by atoms with Crippen LogP contribution in [0.3, 0.4) is 0 Å². The summed E-state index contributed by atoms with van der Waals surface area (Å²) in [7, 11) is 1.43. The van der Waals surface area contributed by atoms with Gasteiger partial charge in [-0.1, -0.05) is 25.7 Å². The van der Waals surface area contributed by atoms with Crippen molar-refractivity contribution in [3.8, 4) is 0 Å². The lowest BCUT2D eigenvalue weighted by molar-refractivity contribution is -0.140. The van der Waals surface area contributed by atoms with Crippen molar-refractivity contribution in [2.75, 3.05) is 33.4 Å². The summed E-state index contributed by atoms with van der Waals surface area (Å²) in [6.07, 6.45) is 11.3. The third-order valence-corrected chi connectivity index (χ3v) is 4.40. The zero-order chi connectivity index (χ0) is 18.2. The zero-order valence-corrected chi connectivity index (χ0v) is 18.9. The summed E-state index contributed by atoms with van der Waals surface area (Å²) in [5.74, 6) is 0.742. The second-order valence-corrected chi connectivity index (χ2v) is 6.56. The maximum atomic E-state index is 11.0. The van der Waals surface area contributed by atoms with E-state index in [0.717, 1.165) is 57.9 Å². The molecule has 1 rings (SSSR count). The molecule has 0 spiro atoms. The molecule has 0 aromatic heterocycles. The normalized spacial score (nSPS) is 15.2. The van der Waals surface area contributed by atoms with E-state index in [4.69, 9.17) is 4.74 Å². The maximum Gasteiger partial charge on any atom is 0.305 e. The molecule has 26 heavy (non-hydrogen) atoms. The molecular weight excluding hydrogens is 445 g/mol. The third-order valence-electron chi connectivity index (χ3n) is 4.40. The van der Waals surface area contributed by atoms with Crippen LogP contribution in [-0.4, -0.2) is 51.4 Å². The highest BCUT2D eigenvalue weighted by Crippen LogP contribution is 2.20. The number of aliphatic imine (C=N–C) groups is 1. The summed E-state index contributed by atoms with van der Waals surface area (Å²) < 4.78 is 10.6. The third kappa shape index (κ3) is 13.6. The van der Waals surface area contributed by atoms with E-state index in [0.29, 0.717) is 12.5 Å². The Morgan fingerprint density at radius 3 is 2.54 bits per heavy atom. The van der Waals surface area contributed by atoms with Gasteiger partial charge in [0, 0.05) is 32.7 Å². The van der Waals surface area contributed by atoms with Gasteiger partial charge >= 0.3 is 5.97 Å². The van der Waals surface area contributed by atoms with Crippen molar-refractivity contribution in [1.29, 1.82) is 0 Å². The number of unbranched alkanes of at least 4 members (excludes halogenated alkanes) is 2. The van der Waals surface area contributed by atoms with Crippen LogP contribution in [-0.2, 0) is 14.3 Å². The number of ether oxygens (including phenoxy) is 2. The van der Waals surface area contributed by atoms with E-state index in [1.54, 1.807) is 0 Å². The number of esters is 1. The first-order valence-electron chi connectivity index (χ1n) is 9.96. The molecule has 0 radical (unpaired) electrons. The lowest BCUT2D eigenvalue weighted by Crippen LogP contribution is -2.37. The highest BCUT2D eigenvalue weighted by atomic mass is 127. The van der Waals surface area contributed by atoms with E-state index in [1.165, 1.54) is 39.2 Å². The van der Waals surface area contributed by atoms with E-state index in [9.17, 15) is 4.79 Å². The van der Waals surface area contributed by atoms with Crippen molar-refractivity contribution >= 4 is 35.9 Å². The quantitative estimate of drug-likeness (QED) is 0.146. The minimum absolute atomic E-state index is 0. The molecule has 154 valence electrons. The average molecular weight is 483 g/mol. The van der Waals surface area contributed by atoms with Gasteiger partial charge in [0.05, 0.1) is 13.2 Å². The first-order valence-corrected chi connectivity index (χ1v) is 9.96. The predicted molar refractivity (Wildman–Crippen MR) is 117 cm³/mol. The van der Waals surface area contributed by atoms with Gasteiger partial charge in [-0.2, -0.15) is 0 Å². The summed E-state index contributed by atoms with van der Waals surface area (Å²) >= 11 is 0. The molecule has 0 atom stereocenters. The van der Waals surface area contributed by atoms with Crippen molar-refractivity contribution in [3.05, 3.63) is 0 Å². The van der Waals surface area contributed by atoms with Crippen molar-refractivity contribution in [2.24, 2.45) is 4.99 Å². The fraction of sp³-hybridized carbons (Fsp3) is 0.895. The lowest BCUT2D eigenvalue weighted by atomic mass is 9.98. The number of nitrogens with zero attached hydrogens (tertiary/aromatic N) is 1. The standard InChI is InChI=1S/C19H37N3O3.HI/c1-3-20-19(21-14-9-5-8-13-18(23)24-2)22-15-10-16-25-17-11-6-4-7-12-17;/h17H,3-16H2,1-2H3,(H2,20,21,22);1H. The van der Waals surface area contributed by atoms with Crippen molar-refractivity contribution in [1.82, 2.24) is 10.6 Å². The zero-order valence-electron chi connectivity index (χ0n) is 16.6. The molecule has 0 aromatic rings. The Hall–Kier alpha value is -0.570. The summed E-state index contributed by atoms with van der Waals surface area (Å²) in [5, 5.41) is 6.61. The first-order chi connectivity index (χ1) is 12.3. The Balaban J connectivity index is 0.00000625. The summed E-state index contributed by atoms with van der Waals surface area (Å²) in [4.78, 5) is 15.6. The van der Waals surface area contributed by atoms with Gasteiger partial charge < -0.3 is 20.1 Å². The number of rotatable bonds is 12. The molecule has 1 fully saturated rings. The van der Waals surface area contributed by atoms with Crippen LogP contribution in [0.5, 0.6) is 0 Å². The topological polar surface area (TPSA) is 72.0 Å². The summed E-state index contributed by atoms with van der Waals surface area (Å²) in [6.45, 7) is 5.38. The molecule has 0 unspecified atom stereocenters. The molecule has 0 heterocycles. The lowest BCUT2D eigenvalue weighted by Gasteiger charge is -2.21. The van der Waals surface area contributed by atoms with Crippen LogP contribution in [0.2, 0.25) is 0 Å². The number of carbonyl (C=O) groups is 1. The summed E-state index contributed by atoms with van der Waals surface area (Å²) in [6, 6.07) is 0. The van der Waals surface area contributed by atoms with Gasteiger partial charge in [0.2, 0.25) is 0 Å². The number of hydrogen-bond acceptors (Lipinski definition) is 4. The van der Waals surface area contributed by atoms with Crippen molar-refractivity contribution < 1.29 is 14.3 Å². The van der Waals surface area contributed by atoms with Gasteiger partial charge in [-0.3, -0.25) is 9.79 Å². The van der Waals surface area contributed by atoms with E-state index in [1.807, 2.05) is 0 Å². The molecule has 2 N–H and O–H groups in total. The Kier molecular flexibility index (Phi) is 17.4. The largest absolute Gasteiger partial charge is 0.469 e. The van der Waals surface area contributed by atoms with Gasteiger partial charge in [-0.05, 0) is 39.0 Å². The molecule has 1 saturated carbocycles. The van der Waals surface area contributed by atoms with Gasteiger partial charge in [0.25, 0.3) is 0 Å². The van der Waals surface area contributed by atoms with Crippen LogP contribution in [0.4, 0.5) is 0 Å². The number of carbonyl (C=O) groups excluding carboxylic acids is 1. The first kappa shape index (κ1) is 25.4. The monoisotopic (exact) mass is 483 g/mol. The second kappa shape index (κ2) is 17.8. The van der Waals surface area contributed by atoms with Crippen LogP contribution in [0, 0.1) is 0 Å². The Morgan fingerprint density at radius 1 is 1.08 bits per heavy atom.